The minimum Gasteiger partial charge on any atom is -0.356 e. The van der Waals surface area contributed by atoms with Gasteiger partial charge in [0.05, 0.1) is 0 Å². The minimum absolute atomic E-state index is 0.0301. The molecule has 0 aliphatic carbocycles. The van der Waals surface area contributed by atoms with E-state index in [-0.39, 0.29) is 5.54 Å². The van der Waals surface area contributed by atoms with Gasteiger partial charge in [0.25, 0.3) is 0 Å². The van der Waals surface area contributed by atoms with E-state index in [1.807, 2.05) is 7.05 Å². The number of guanidine groups is 1. The van der Waals surface area contributed by atoms with Crippen molar-refractivity contribution in [3.63, 3.8) is 0 Å². The number of unbranched alkanes of at least 4 members (excludes halogenated alkanes) is 1. The topological polar surface area (TPSA) is 48.5 Å². The van der Waals surface area contributed by atoms with E-state index < -0.39 is 0 Å². The fourth-order valence-electron chi connectivity index (χ4n) is 2.37. The molecular weight excluding hydrogens is 272 g/mol. The Balaban J connectivity index is 2.45. The summed E-state index contributed by atoms with van der Waals surface area (Å²) < 4.78 is 0. The second-order valence-electron chi connectivity index (χ2n) is 6.37. The van der Waals surface area contributed by atoms with E-state index in [4.69, 9.17) is 0 Å². The molecule has 22 heavy (non-hydrogen) atoms. The third-order valence-corrected chi connectivity index (χ3v) is 3.65. The van der Waals surface area contributed by atoms with E-state index in [9.17, 15) is 0 Å². The van der Waals surface area contributed by atoms with E-state index in [1.54, 1.807) is 0 Å². The Bertz CT molecular complexity index is 440. The van der Waals surface area contributed by atoms with Crippen LogP contribution in [0.1, 0.15) is 52.1 Å². The molecule has 0 saturated carbocycles. The molecule has 0 spiro atoms. The van der Waals surface area contributed by atoms with Crippen molar-refractivity contribution in [1.82, 2.24) is 16.0 Å². The molecule has 1 aromatic rings. The first-order valence-corrected chi connectivity index (χ1v) is 8.25. The highest BCUT2D eigenvalue weighted by Crippen LogP contribution is 2.15. The first kappa shape index (κ1) is 18.5. The fourth-order valence-corrected chi connectivity index (χ4v) is 2.37. The van der Waals surface area contributed by atoms with Crippen molar-refractivity contribution >= 4 is 5.96 Å². The molecule has 1 rings (SSSR count). The number of hydrogen-bond acceptors (Lipinski definition) is 2. The highest BCUT2D eigenvalue weighted by Gasteiger charge is 2.21. The summed E-state index contributed by atoms with van der Waals surface area (Å²) in [6.45, 7) is 10.6. The normalized spacial score (nSPS) is 13.8. The Morgan fingerprint density at radius 1 is 1.18 bits per heavy atom. The lowest BCUT2D eigenvalue weighted by Gasteiger charge is -2.31. The Kier molecular flexibility index (Phi) is 7.96. The summed E-state index contributed by atoms with van der Waals surface area (Å²) in [7, 11) is 1.81. The van der Waals surface area contributed by atoms with Crippen LogP contribution in [0.25, 0.3) is 0 Å². The Morgan fingerprint density at radius 3 is 2.45 bits per heavy atom. The zero-order chi connectivity index (χ0) is 16.4. The predicted octanol–water partition coefficient (Wildman–Crippen LogP) is 3.08. The lowest BCUT2D eigenvalue weighted by Crippen LogP contribution is -2.52. The van der Waals surface area contributed by atoms with Crippen LogP contribution in [-0.4, -0.2) is 31.6 Å². The summed E-state index contributed by atoms with van der Waals surface area (Å²) in [6, 6.07) is 10.8. The lowest BCUT2D eigenvalue weighted by atomic mass is 10.0. The van der Waals surface area contributed by atoms with Crippen LogP contribution in [0.3, 0.4) is 0 Å². The molecule has 0 heterocycles. The SMILES string of the molecule is CCCCNC(=NC)NCC(C)(C)NC(C)c1ccccc1. The van der Waals surface area contributed by atoms with Crippen LogP contribution in [0.5, 0.6) is 0 Å². The highest BCUT2D eigenvalue weighted by atomic mass is 15.2. The Labute approximate surface area is 135 Å². The van der Waals surface area contributed by atoms with Gasteiger partial charge < -0.3 is 16.0 Å². The van der Waals surface area contributed by atoms with Crippen LogP contribution >= 0.6 is 0 Å². The number of hydrogen-bond donors (Lipinski definition) is 3. The van der Waals surface area contributed by atoms with Gasteiger partial charge in [0.2, 0.25) is 0 Å². The minimum atomic E-state index is -0.0301. The van der Waals surface area contributed by atoms with Crippen molar-refractivity contribution in [2.75, 3.05) is 20.1 Å². The summed E-state index contributed by atoms with van der Waals surface area (Å²) in [6.07, 6.45) is 2.35. The molecule has 1 atom stereocenters. The molecule has 1 aromatic carbocycles. The van der Waals surface area contributed by atoms with Crippen LogP contribution in [-0.2, 0) is 0 Å². The molecule has 1 unspecified atom stereocenters. The number of rotatable bonds is 8. The molecule has 3 N–H and O–H groups in total. The second kappa shape index (κ2) is 9.46. The molecule has 0 bridgehead atoms. The maximum absolute atomic E-state index is 4.27. The van der Waals surface area contributed by atoms with Crippen molar-refractivity contribution in [3.05, 3.63) is 35.9 Å². The summed E-state index contributed by atoms with van der Waals surface area (Å²) in [4.78, 5) is 4.27. The number of aliphatic imine (C=N–C) groups is 1. The van der Waals surface area contributed by atoms with Crippen molar-refractivity contribution in [3.8, 4) is 0 Å². The molecule has 0 saturated heterocycles. The smallest absolute Gasteiger partial charge is 0.191 e. The molecule has 4 nitrogen and oxygen atoms in total. The van der Waals surface area contributed by atoms with Crippen molar-refractivity contribution in [2.45, 2.75) is 52.1 Å². The van der Waals surface area contributed by atoms with Gasteiger partial charge in [0.15, 0.2) is 5.96 Å². The number of benzene rings is 1. The second-order valence-corrected chi connectivity index (χ2v) is 6.37. The number of nitrogens with zero attached hydrogens (tertiary/aromatic N) is 1. The van der Waals surface area contributed by atoms with E-state index in [2.05, 4.69) is 79.0 Å². The molecule has 4 heteroatoms. The molecule has 0 aliphatic heterocycles. The molecular formula is C18H32N4. The average Bonchev–Trinajstić information content (AvgIpc) is 2.51. The third kappa shape index (κ3) is 6.94. The lowest BCUT2D eigenvalue weighted by molar-refractivity contribution is 0.345. The van der Waals surface area contributed by atoms with E-state index in [1.165, 1.54) is 12.0 Å². The van der Waals surface area contributed by atoms with Crippen LogP contribution in [0, 0.1) is 0 Å². The van der Waals surface area contributed by atoms with Crippen molar-refractivity contribution < 1.29 is 0 Å². The monoisotopic (exact) mass is 304 g/mol. The van der Waals surface area contributed by atoms with Crippen LogP contribution in [0.15, 0.2) is 35.3 Å². The maximum atomic E-state index is 4.27. The fraction of sp³-hybridized carbons (Fsp3) is 0.611. The zero-order valence-corrected chi connectivity index (χ0v) is 14.7. The van der Waals surface area contributed by atoms with E-state index in [0.717, 1.165) is 25.5 Å². The van der Waals surface area contributed by atoms with Gasteiger partial charge in [-0.1, -0.05) is 43.7 Å². The zero-order valence-electron chi connectivity index (χ0n) is 14.7. The molecule has 0 fully saturated rings. The number of nitrogens with one attached hydrogen (secondary N) is 3. The van der Waals surface area contributed by atoms with Gasteiger partial charge in [-0.25, -0.2) is 0 Å². The quantitative estimate of drug-likeness (QED) is 0.393. The summed E-state index contributed by atoms with van der Waals surface area (Å²) in [5.74, 6) is 0.871. The molecule has 0 radical (unpaired) electrons. The summed E-state index contributed by atoms with van der Waals surface area (Å²) in [5, 5.41) is 10.4. The summed E-state index contributed by atoms with van der Waals surface area (Å²) in [5.41, 5.74) is 1.28. The van der Waals surface area contributed by atoms with E-state index >= 15 is 0 Å². The first-order valence-electron chi connectivity index (χ1n) is 8.25. The largest absolute Gasteiger partial charge is 0.356 e. The van der Waals surface area contributed by atoms with Gasteiger partial charge in [0, 0.05) is 31.7 Å². The van der Waals surface area contributed by atoms with Crippen LogP contribution < -0.4 is 16.0 Å². The van der Waals surface area contributed by atoms with Crippen molar-refractivity contribution in [1.29, 1.82) is 0 Å². The molecule has 0 amide bonds. The Hall–Kier alpha value is -1.55. The van der Waals surface area contributed by atoms with Gasteiger partial charge in [-0.15, -0.1) is 0 Å². The van der Waals surface area contributed by atoms with Crippen molar-refractivity contribution in [2.24, 2.45) is 4.99 Å². The standard InChI is InChI=1S/C18H32N4/c1-6-7-13-20-17(19-5)21-14-18(3,4)22-15(2)16-11-9-8-10-12-16/h8-12,15,22H,6-7,13-14H2,1-5H3,(H2,19,20,21). The van der Waals surface area contributed by atoms with Gasteiger partial charge in [-0.05, 0) is 32.8 Å². The third-order valence-electron chi connectivity index (χ3n) is 3.65. The molecule has 124 valence electrons. The van der Waals surface area contributed by atoms with Gasteiger partial charge in [-0.3, -0.25) is 4.99 Å². The average molecular weight is 304 g/mol. The summed E-state index contributed by atoms with van der Waals surface area (Å²) >= 11 is 0. The molecule has 0 aliphatic rings. The van der Waals surface area contributed by atoms with E-state index in [0.29, 0.717) is 6.04 Å². The van der Waals surface area contributed by atoms with Gasteiger partial charge >= 0.3 is 0 Å². The predicted molar refractivity (Wildman–Crippen MR) is 96.3 cm³/mol. The van der Waals surface area contributed by atoms with Crippen LogP contribution in [0.2, 0.25) is 0 Å². The van der Waals surface area contributed by atoms with Gasteiger partial charge in [-0.2, -0.15) is 0 Å². The first-order chi connectivity index (χ1) is 10.5. The maximum Gasteiger partial charge on any atom is 0.191 e. The molecule has 0 aromatic heterocycles. The highest BCUT2D eigenvalue weighted by molar-refractivity contribution is 5.79. The Morgan fingerprint density at radius 2 is 1.86 bits per heavy atom. The van der Waals surface area contributed by atoms with Gasteiger partial charge in [0.1, 0.15) is 0 Å². The van der Waals surface area contributed by atoms with Crippen LogP contribution in [0.4, 0.5) is 0 Å².